The number of phenols is 1. The van der Waals surface area contributed by atoms with Gasteiger partial charge in [-0.2, -0.15) is 0 Å². The molecule has 0 saturated heterocycles. The number of aromatic hydroxyl groups is 1. The number of hydrogen-bond donors (Lipinski definition) is 1. The molecule has 0 spiro atoms. The lowest BCUT2D eigenvalue weighted by atomic mass is 10.0. The van der Waals surface area contributed by atoms with Crippen LogP contribution in [-0.2, 0) is 0 Å². The van der Waals surface area contributed by atoms with Gasteiger partial charge in [-0.05, 0) is 49.8 Å². The molecule has 0 aliphatic carbocycles. The highest BCUT2D eigenvalue weighted by Gasteiger charge is 2.02. The Morgan fingerprint density at radius 3 is 2.65 bits per heavy atom. The Morgan fingerprint density at radius 1 is 1.12 bits per heavy atom. The maximum atomic E-state index is 9.93. The van der Waals surface area contributed by atoms with E-state index in [0.29, 0.717) is 5.75 Å². The summed E-state index contributed by atoms with van der Waals surface area (Å²) in [6, 6.07) is 9.67. The third-order valence-corrected chi connectivity index (χ3v) is 2.60. The van der Waals surface area contributed by atoms with Crippen molar-refractivity contribution in [2.75, 3.05) is 0 Å². The summed E-state index contributed by atoms with van der Waals surface area (Å²) >= 11 is 0. The van der Waals surface area contributed by atoms with Gasteiger partial charge in [0.2, 0.25) is 0 Å². The van der Waals surface area contributed by atoms with E-state index < -0.39 is 0 Å². The van der Waals surface area contributed by atoms with E-state index in [1.165, 1.54) is 0 Å². The van der Waals surface area contributed by atoms with Gasteiger partial charge in [0.15, 0.2) is 0 Å². The zero-order valence-corrected chi connectivity index (χ0v) is 10.0. The Kier molecular flexibility index (Phi) is 3.24. The van der Waals surface area contributed by atoms with E-state index in [4.69, 9.17) is 0 Å². The van der Waals surface area contributed by atoms with E-state index in [0.717, 1.165) is 22.4 Å². The third kappa shape index (κ3) is 2.72. The molecule has 17 heavy (non-hydrogen) atoms. The van der Waals surface area contributed by atoms with Gasteiger partial charge in [0.1, 0.15) is 5.75 Å². The van der Waals surface area contributed by atoms with Crippen LogP contribution in [0.4, 0.5) is 0 Å². The standard InChI is InChI=1S/C15H15NO/c1-11-9-12(2)15(17)13(10-11)6-7-14-5-3-4-8-16-14/h3-10,17H,1-2H3/b7-6+. The maximum Gasteiger partial charge on any atom is 0.125 e. The molecule has 0 unspecified atom stereocenters. The van der Waals surface area contributed by atoms with E-state index in [1.807, 2.05) is 56.3 Å². The van der Waals surface area contributed by atoms with Crippen LogP contribution in [0.1, 0.15) is 22.4 Å². The van der Waals surface area contributed by atoms with Gasteiger partial charge in [0.25, 0.3) is 0 Å². The van der Waals surface area contributed by atoms with Crippen molar-refractivity contribution in [2.45, 2.75) is 13.8 Å². The minimum Gasteiger partial charge on any atom is -0.507 e. The van der Waals surface area contributed by atoms with Gasteiger partial charge in [0.05, 0.1) is 5.69 Å². The molecule has 1 heterocycles. The Hall–Kier alpha value is -2.09. The monoisotopic (exact) mass is 225 g/mol. The van der Waals surface area contributed by atoms with Gasteiger partial charge in [-0.25, -0.2) is 0 Å². The summed E-state index contributed by atoms with van der Waals surface area (Å²) in [5.74, 6) is 0.336. The molecular weight excluding hydrogens is 210 g/mol. The molecule has 2 rings (SSSR count). The SMILES string of the molecule is Cc1cc(C)c(O)c(/C=C/c2ccccn2)c1. The highest BCUT2D eigenvalue weighted by atomic mass is 16.3. The largest absolute Gasteiger partial charge is 0.507 e. The van der Waals surface area contributed by atoms with E-state index in [1.54, 1.807) is 6.20 Å². The molecule has 0 aliphatic heterocycles. The summed E-state index contributed by atoms with van der Waals surface area (Å²) < 4.78 is 0. The quantitative estimate of drug-likeness (QED) is 0.847. The number of aromatic nitrogens is 1. The van der Waals surface area contributed by atoms with Crippen LogP contribution in [-0.4, -0.2) is 10.1 Å². The molecule has 2 heteroatoms. The van der Waals surface area contributed by atoms with Crippen LogP contribution in [0.2, 0.25) is 0 Å². The molecule has 0 radical (unpaired) electrons. The smallest absolute Gasteiger partial charge is 0.125 e. The topological polar surface area (TPSA) is 33.1 Å². The number of hydrogen-bond acceptors (Lipinski definition) is 2. The molecule has 0 atom stereocenters. The highest BCUT2D eigenvalue weighted by molar-refractivity contribution is 5.72. The Balaban J connectivity index is 2.33. The zero-order valence-electron chi connectivity index (χ0n) is 10.0. The van der Waals surface area contributed by atoms with Gasteiger partial charge in [-0.15, -0.1) is 0 Å². The summed E-state index contributed by atoms with van der Waals surface area (Å²) in [7, 11) is 0. The fourth-order valence-electron chi connectivity index (χ4n) is 1.77. The number of pyridine rings is 1. The molecule has 0 aliphatic rings. The zero-order chi connectivity index (χ0) is 12.3. The van der Waals surface area contributed by atoms with Crippen molar-refractivity contribution >= 4 is 12.2 Å². The van der Waals surface area contributed by atoms with Gasteiger partial charge in [-0.1, -0.05) is 17.7 Å². The summed E-state index contributed by atoms with van der Waals surface area (Å²) in [6.07, 6.45) is 5.53. The third-order valence-electron chi connectivity index (χ3n) is 2.60. The molecule has 86 valence electrons. The van der Waals surface area contributed by atoms with Crippen LogP contribution >= 0.6 is 0 Å². The number of aryl methyl sites for hydroxylation is 2. The fraction of sp³-hybridized carbons (Fsp3) is 0.133. The molecule has 0 bridgehead atoms. The molecule has 0 amide bonds. The van der Waals surface area contributed by atoms with Crippen LogP contribution in [0.25, 0.3) is 12.2 Å². The summed E-state index contributed by atoms with van der Waals surface area (Å²) in [5, 5.41) is 9.93. The van der Waals surface area contributed by atoms with E-state index in [2.05, 4.69) is 4.98 Å². The number of nitrogens with zero attached hydrogens (tertiary/aromatic N) is 1. The van der Waals surface area contributed by atoms with Crippen LogP contribution < -0.4 is 0 Å². The minimum atomic E-state index is 0.336. The molecule has 2 nitrogen and oxygen atoms in total. The fourth-order valence-corrected chi connectivity index (χ4v) is 1.77. The summed E-state index contributed by atoms with van der Waals surface area (Å²) in [6.45, 7) is 3.92. The van der Waals surface area contributed by atoms with Crippen molar-refractivity contribution in [1.82, 2.24) is 4.98 Å². The van der Waals surface area contributed by atoms with Crippen molar-refractivity contribution < 1.29 is 5.11 Å². The van der Waals surface area contributed by atoms with Crippen LogP contribution in [0.15, 0.2) is 36.5 Å². The minimum absolute atomic E-state index is 0.336. The average molecular weight is 225 g/mol. The van der Waals surface area contributed by atoms with Gasteiger partial charge in [-0.3, -0.25) is 4.98 Å². The normalized spacial score (nSPS) is 10.9. The molecule has 0 fully saturated rings. The first-order valence-electron chi connectivity index (χ1n) is 5.56. The van der Waals surface area contributed by atoms with Crippen molar-refractivity contribution in [3.05, 3.63) is 58.9 Å². The van der Waals surface area contributed by atoms with Crippen molar-refractivity contribution in [2.24, 2.45) is 0 Å². The predicted molar refractivity (Wildman–Crippen MR) is 70.7 cm³/mol. The molecule has 1 aromatic carbocycles. The first-order valence-corrected chi connectivity index (χ1v) is 5.56. The summed E-state index contributed by atoms with van der Waals surface area (Å²) in [5.41, 5.74) is 3.74. The second kappa shape index (κ2) is 4.83. The first-order chi connectivity index (χ1) is 8.16. The number of phenolic OH excluding ortho intramolecular Hbond substituents is 1. The van der Waals surface area contributed by atoms with Crippen LogP contribution in [0, 0.1) is 13.8 Å². The van der Waals surface area contributed by atoms with Gasteiger partial charge >= 0.3 is 0 Å². The van der Waals surface area contributed by atoms with Crippen molar-refractivity contribution in [1.29, 1.82) is 0 Å². The van der Waals surface area contributed by atoms with E-state index >= 15 is 0 Å². The average Bonchev–Trinajstić information content (AvgIpc) is 2.33. The van der Waals surface area contributed by atoms with Crippen molar-refractivity contribution in [3.8, 4) is 5.75 Å². The first kappa shape index (κ1) is 11.4. The molecular formula is C15H15NO. The van der Waals surface area contributed by atoms with Gasteiger partial charge in [0, 0.05) is 11.8 Å². The maximum absolute atomic E-state index is 9.93. The molecule has 1 aromatic heterocycles. The Morgan fingerprint density at radius 2 is 1.94 bits per heavy atom. The molecule has 0 saturated carbocycles. The Bertz CT molecular complexity index is 544. The lowest BCUT2D eigenvalue weighted by Gasteiger charge is -2.05. The highest BCUT2D eigenvalue weighted by Crippen LogP contribution is 2.25. The van der Waals surface area contributed by atoms with Crippen LogP contribution in [0.3, 0.4) is 0 Å². The lowest BCUT2D eigenvalue weighted by Crippen LogP contribution is -1.83. The lowest BCUT2D eigenvalue weighted by molar-refractivity contribution is 0.469. The number of rotatable bonds is 2. The van der Waals surface area contributed by atoms with Gasteiger partial charge < -0.3 is 5.11 Å². The number of benzene rings is 1. The summed E-state index contributed by atoms with van der Waals surface area (Å²) in [4.78, 5) is 4.20. The van der Waals surface area contributed by atoms with E-state index in [-0.39, 0.29) is 0 Å². The second-order valence-corrected chi connectivity index (χ2v) is 4.11. The van der Waals surface area contributed by atoms with E-state index in [9.17, 15) is 5.11 Å². The van der Waals surface area contributed by atoms with Crippen LogP contribution in [0.5, 0.6) is 5.75 Å². The predicted octanol–water partition coefficient (Wildman–Crippen LogP) is 3.57. The molecule has 2 aromatic rings. The second-order valence-electron chi connectivity index (χ2n) is 4.11. The molecule has 1 N–H and O–H groups in total. The Labute approximate surface area is 101 Å². The van der Waals surface area contributed by atoms with Crippen molar-refractivity contribution in [3.63, 3.8) is 0 Å².